The van der Waals surface area contributed by atoms with Crippen molar-refractivity contribution in [1.82, 2.24) is 9.97 Å². The van der Waals surface area contributed by atoms with E-state index in [9.17, 15) is 0 Å². The molecule has 0 bridgehead atoms. The number of hydrogen-bond acceptors (Lipinski definition) is 3. The van der Waals surface area contributed by atoms with Crippen molar-refractivity contribution in [3.63, 3.8) is 0 Å². The Morgan fingerprint density at radius 3 is 2.40 bits per heavy atom. The first-order chi connectivity index (χ1) is 9.52. The van der Waals surface area contributed by atoms with E-state index in [1.165, 1.54) is 0 Å². The molecular formula is C15H16ClIN2O. The fourth-order valence-electron chi connectivity index (χ4n) is 1.81. The van der Waals surface area contributed by atoms with Crippen LogP contribution < -0.4 is 4.74 Å². The highest BCUT2D eigenvalue weighted by Crippen LogP contribution is 2.28. The van der Waals surface area contributed by atoms with E-state index in [1.807, 2.05) is 31.2 Å². The first-order valence-electron chi connectivity index (χ1n) is 6.49. The number of hydrogen-bond donors (Lipinski definition) is 0. The van der Waals surface area contributed by atoms with Crippen LogP contribution in [0.4, 0.5) is 0 Å². The average Bonchev–Trinajstić information content (AvgIpc) is 2.42. The third kappa shape index (κ3) is 3.41. The van der Waals surface area contributed by atoms with Crippen LogP contribution in [0.15, 0.2) is 24.3 Å². The third-order valence-electron chi connectivity index (χ3n) is 2.81. The highest BCUT2D eigenvalue weighted by Gasteiger charge is 2.14. The van der Waals surface area contributed by atoms with Crippen LogP contribution in [0.2, 0.25) is 5.15 Å². The zero-order valence-corrected chi connectivity index (χ0v) is 14.6. The molecule has 3 nitrogen and oxygen atoms in total. The summed E-state index contributed by atoms with van der Waals surface area (Å²) in [5.74, 6) is 1.81. The second kappa shape index (κ2) is 6.72. The summed E-state index contributed by atoms with van der Waals surface area (Å²) in [7, 11) is 0. The second-order valence-electron chi connectivity index (χ2n) is 4.65. The summed E-state index contributed by atoms with van der Waals surface area (Å²) in [6, 6.07) is 7.74. The van der Waals surface area contributed by atoms with Crippen LogP contribution in [0.3, 0.4) is 0 Å². The molecule has 0 N–H and O–H groups in total. The van der Waals surface area contributed by atoms with Crippen molar-refractivity contribution >= 4 is 34.2 Å². The molecule has 0 aliphatic rings. The van der Waals surface area contributed by atoms with Crippen molar-refractivity contribution in [2.45, 2.75) is 26.7 Å². The summed E-state index contributed by atoms with van der Waals surface area (Å²) >= 11 is 8.41. The molecule has 1 heterocycles. The molecule has 0 aliphatic carbocycles. The Morgan fingerprint density at radius 2 is 1.85 bits per heavy atom. The largest absolute Gasteiger partial charge is 0.494 e. The van der Waals surface area contributed by atoms with E-state index in [-0.39, 0.29) is 0 Å². The van der Waals surface area contributed by atoms with E-state index in [0.717, 1.165) is 20.6 Å². The highest BCUT2D eigenvalue weighted by molar-refractivity contribution is 14.1. The van der Waals surface area contributed by atoms with Crippen LogP contribution >= 0.6 is 34.2 Å². The van der Waals surface area contributed by atoms with Gasteiger partial charge in [-0.3, -0.25) is 0 Å². The van der Waals surface area contributed by atoms with Crippen molar-refractivity contribution in [1.29, 1.82) is 0 Å². The topological polar surface area (TPSA) is 35.0 Å². The van der Waals surface area contributed by atoms with Crippen molar-refractivity contribution in [2.24, 2.45) is 0 Å². The van der Waals surface area contributed by atoms with Gasteiger partial charge in [0.25, 0.3) is 0 Å². The van der Waals surface area contributed by atoms with E-state index in [2.05, 4.69) is 46.4 Å². The first kappa shape index (κ1) is 15.5. The van der Waals surface area contributed by atoms with Gasteiger partial charge in [-0.1, -0.05) is 25.4 Å². The van der Waals surface area contributed by atoms with Crippen LogP contribution in [0.1, 0.15) is 32.4 Å². The minimum absolute atomic E-state index is 0.309. The molecule has 0 amide bonds. The summed E-state index contributed by atoms with van der Waals surface area (Å²) in [4.78, 5) is 9.00. The minimum Gasteiger partial charge on any atom is -0.494 e. The molecule has 20 heavy (non-hydrogen) atoms. The Morgan fingerprint density at radius 1 is 1.20 bits per heavy atom. The predicted molar refractivity (Wildman–Crippen MR) is 90.5 cm³/mol. The summed E-state index contributed by atoms with van der Waals surface area (Å²) in [5.41, 5.74) is 1.92. The zero-order chi connectivity index (χ0) is 14.7. The molecule has 5 heteroatoms. The smallest absolute Gasteiger partial charge is 0.161 e. The summed E-state index contributed by atoms with van der Waals surface area (Å²) < 4.78 is 6.36. The lowest BCUT2D eigenvalue weighted by atomic mass is 10.1. The lowest BCUT2D eigenvalue weighted by molar-refractivity contribution is 0.340. The normalized spacial score (nSPS) is 10.9. The average molecular weight is 403 g/mol. The Balaban J connectivity index is 2.42. The number of rotatable bonds is 4. The lowest BCUT2D eigenvalue weighted by Gasteiger charge is -2.11. The molecule has 106 valence electrons. The van der Waals surface area contributed by atoms with Crippen LogP contribution in [0, 0.1) is 3.57 Å². The number of ether oxygens (including phenoxy) is 1. The molecule has 0 aliphatic heterocycles. The van der Waals surface area contributed by atoms with Gasteiger partial charge >= 0.3 is 0 Å². The van der Waals surface area contributed by atoms with Gasteiger partial charge in [-0.05, 0) is 59.7 Å². The SMILES string of the molecule is CCOc1ccc(-c2nc(Cl)c(I)c(C(C)C)n2)cc1. The van der Waals surface area contributed by atoms with E-state index < -0.39 is 0 Å². The molecule has 0 unspecified atom stereocenters. The van der Waals surface area contributed by atoms with Gasteiger partial charge in [-0.2, -0.15) is 0 Å². The monoisotopic (exact) mass is 402 g/mol. The van der Waals surface area contributed by atoms with Gasteiger partial charge in [0.2, 0.25) is 0 Å². The Labute approximate surface area is 137 Å². The summed E-state index contributed by atoms with van der Waals surface area (Å²) in [5, 5.41) is 0.508. The zero-order valence-electron chi connectivity index (χ0n) is 11.7. The molecule has 0 spiro atoms. The van der Waals surface area contributed by atoms with E-state index in [1.54, 1.807) is 0 Å². The third-order valence-corrected chi connectivity index (χ3v) is 4.46. The lowest BCUT2D eigenvalue weighted by Crippen LogP contribution is -2.02. The van der Waals surface area contributed by atoms with Gasteiger partial charge in [0.15, 0.2) is 5.82 Å². The molecule has 0 radical (unpaired) electrons. The second-order valence-corrected chi connectivity index (χ2v) is 6.09. The summed E-state index contributed by atoms with van der Waals surface area (Å²) in [6.07, 6.45) is 0. The van der Waals surface area contributed by atoms with Gasteiger partial charge in [0, 0.05) is 5.56 Å². The van der Waals surface area contributed by atoms with Crippen LogP contribution in [-0.2, 0) is 0 Å². The first-order valence-corrected chi connectivity index (χ1v) is 7.94. The Hall–Kier alpha value is -0.880. The fourth-order valence-corrected chi connectivity index (χ4v) is 2.86. The van der Waals surface area contributed by atoms with Gasteiger partial charge in [-0.15, -0.1) is 0 Å². The van der Waals surface area contributed by atoms with Crippen molar-refractivity contribution in [2.75, 3.05) is 6.61 Å². The maximum atomic E-state index is 6.21. The van der Waals surface area contributed by atoms with Crippen LogP contribution in [0.25, 0.3) is 11.4 Å². The maximum Gasteiger partial charge on any atom is 0.161 e. The summed E-state index contributed by atoms with van der Waals surface area (Å²) in [6.45, 7) is 6.82. The van der Waals surface area contributed by atoms with Gasteiger partial charge in [0.1, 0.15) is 10.9 Å². The van der Waals surface area contributed by atoms with Crippen LogP contribution in [-0.4, -0.2) is 16.6 Å². The molecule has 0 fully saturated rings. The molecule has 0 saturated carbocycles. The molecule has 1 aromatic heterocycles. The molecule has 0 saturated heterocycles. The van der Waals surface area contributed by atoms with Gasteiger partial charge in [0.05, 0.1) is 15.9 Å². The predicted octanol–water partition coefficient (Wildman–Crippen LogP) is 4.92. The number of halogens is 2. The fraction of sp³-hybridized carbons (Fsp3) is 0.333. The molecule has 2 aromatic rings. The molecule has 1 aromatic carbocycles. The van der Waals surface area contributed by atoms with Crippen molar-refractivity contribution in [3.05, 3.63) is 38.7 Å². The Kier molecular flexibility index (Phi) is 5.21. The standard InChI is InChI=1S/C15H16ClIN2O/c1-4-20-11-7-5-10(6-8-11)15-18-13(9(2)3)12(17)14(16)19-15/h5-9H,4H2,1-3H3. The van der Waals surface area contributed by atoms with Crippen molar-refractivity contribution in [3.8, 4) is 17.1 Å². The molecule has 2 rings (SSSR count). The van der Waals surface area contributed by atoms with Gasteiger partial charge < -0.3 is 4.74 Å². The Bertz CT molecular complexity index is 600. The van der Waals surface area contributed by atoms with Crippen LogP contribution in [0.5, 0.6) is 5.75 Å². The number of benzene rings is 1. The van der Waals surface area contributed by atoms with E-state index >= 15 is 0 Å². The number of aromatic nitrogens is 2. The van der Waals surface area contributed by atoms with E-state index in [4.69, 9.17) is 16.3 Å². The quantitative estimate of drug-likeness (QED) is 0.537. The van der Waals surface area contributed by atoms with E-state index in [0.29, 0.717) is 23.5 Å². The minimum atomic E-state index is 0.309. The maximum absolute atomic E-state index is 6.21. The van der Waals surface area contributed by atoms with Gasteiger partial charge in [-0.25, -0.2) is 9.97 Å². The van der Waals surface area contributed by atoms with Crippen molar-refractivity contribution < 1.29 is 4.74 Å². The highest BCUT2D eigenvalue weighted by atomic mass is 127. The molecular weight excluding hydrogens is 387 g/mol. The molecule has 0 atom stereocenters. The number of nitrogens with zero attached hydrogens (tertiary/aromatic N) is 2.